The van der Waals surface area contributed by atoms with Crippen molar-refractivity contribution in [3.05, 3.63) is 66.2 Å². The van der Waals surface area contributed by atoms with E-state index in [0.717, 1.165) is 44.5 Å². The molecule has 224 valence electrons. The first-order valence-electron chi connectivity index (χ1n) is 14.1. The molecule has 1 amide bonds. The Labute approximate surface area is 242 Å². The number of carbonyl (C=O) groups is 1. The number of hydrogen-bond acceptors (Lipinski definition) is 5. The number of rotatable bonds is 11. The zero-order valence-corrected chi connectivity index (χ0v) is 23.8. The molecule has 2 aromatic heterocycles. The molecule has 0 bridgehead atoms. The van der Waals surface area contributed by atoms with E-state index in [1.165, 1.54) is 14.2 Å². The number of benzene rings is 2. The van der Waals surface area contributed by atoms with Crippen LogP contribution in [0, 0.1) is 0 Å². The molecule has 1 fully saturated rings. The molecule has 1 aliphatic heterocycles. The molecule has 3 heterocycles. The highest BCUT2D eigenvalue weighted by molar-refractivity contribution is 5.91. The van der Waals surface area contributed by atoms with Crippen LogP contribution in [-0.2, 0) is 17.8 Å². The lowest BCUT2D eigenvalue weighted by molar-refractivity contribution is -0.127. The number of H-pyrrole nitrogens is 1. The summed E-state index contributed by atoms with van der Waals surface area (Å²) in [6, 6.07) is 10.9. The van der Waals surface area contributed by atoms with Gasteiger partial charge in [-0.3, -0.25) is 9.69 Å². The Kier molecular flexibility index (Phi) is 9.06. The van der Waals surface area contributed by atoms with Crippen molar-refractivity contribution in [2.45, 2.75) is 44.3 Å². The van der Waals surface area contributed by atoms with Crippen molar-refractivity contribution in [2.24, 2.45) is 0 Å². The second kappa shape index (κ2) is 12.9. The second-order valence-corrected chi connectivity index (χ2v) is 10.7. The van der Waals surface area contributed by atoms with Crippen molar-refractivity contribution in [1.82, 2.24) is 24.8 Å². The number of alkyl halides is 3. The van der Waals surface area contributed by atoms with Crippen LogP contribution in [0.15, 0.2) is 55.1 Å². The van der Waals surface area contributed by atoms with E-state index in [1.807, 2.05) is 29.0 Å². The SMILES string of the molecule is COc1ccc(-c2[nH]c3ccc(C4CCN(CC(=O)NCCCn5ccnc5)CC4)cc3c2CC(F)(F)F)cc1OC. The molecule has 0 unspecified atom stereocenters. The fraction of sp³-hybridized carbons (Fsp3) is 0.419. The fourth-order valence-corrected chi connectivity index (χ4v) is 5.73. The lowest BCUT2D eigenvalue weighted by Gasteiger charge is -2.31. The molecule has 5 rings (SSSR count). The van der Waals surface area contributed by atoms with Crippen molar-refractivity contribution in [2.75, 3.05) is 40.4 Å². The zero-order chi connectivity index (χ0) is 29.7. The maximum absolute atomic E-state index is 13.8. The Bertz CT molecular complexity index is 1490. The summed E-state index contributed by atoms with van der Waals surface area (Å²) < 4.78 is 54.0. The van der Waals surface area contributed by atoms with Gasteiger partial charge in [0.25, 0.3) is 0 Å². The number of carbonyl (C=O) groups excluding carboxylic acids is 1. The van der Waals surface area contributed by atoms with Gasteiger partial charge in [-0.15, -0.1) is 0 Å². The average molecular weight is 584 g/mol. The summed E-state index contributed by atoms with van der Waals surface area (Å²) in [5.41, 5.74) is 2.91. The monoisotopic (exact) mass is 583 g/mol. The van der Waals surface area contributed by atoms with Gasteiger partial charge in [0.1, 0.15) is 0 Å². The molecule has 2 N–H and O–H groups in total. The Balaban J connectivity index is 1.26. The summed E-state index contributed by atoms with van der Waals surface area (Å²) in [6.07, 6.45) is 2.47. The molecule has 8 nitrogen and oxygen atoms in total. The maximum Gasteiger partial charge on any atom is 0.393 e. The number of amides is 1. The van der Waals surface area contributed by atoms with Gasteiger partial charge in [-0.2, -0.15) is 13.2 Å². The third kappa shape index (κ3) is 7.07. The van der Waals surface area contributed by atoms with E-state index in [2.05, 4.69) is 20.2 Å². The number of methoxy groups -OCH3 is 2. The number of imidazole rings is 1. The van der Waals surface area contributed by atoms with Crippen LogP contribution in [0.1, 0.15) is 36.3 Å². The van der Waals surface area contributed by atoms with Gasteiger partial charge in [0.15, 0.2) is 11.5 Å². The summed E-state index contributed by atoms with van der Waals surface area (Å²) in [5.74, 6) is 1.17. The average Bonchev–Trinajstić information content (AvgIpc) is 3.62. The third-order valence-corrected chi connectivity index (χ3v) is 7.88. The lowest BCUT2D eigenvalue weighted by Crippen LogP contribution is -2.41. The molecule has 42 heavy (non-hydrogen) atoms. The number of piperidine rings is 1. The predicted octanol–water partition coefficient (Wildman–Crippen LogP) is 5.54. The number of aryl methyl sites for hydroxylation is 1. The van der Waals surface area contributed by atoms with Crippen molar-refractivity contribution in [3.63, 3.8) is 0 Å². The van der Waals surface area contributed by atoms with E-state index in [0.29, 0.717) is 46.7 Å². The molecule has 0 saturated carbocycles. The minimum absolute atomic E-state index is 0.00677. The van der Waals surface area contributed by atoms with Crippen LogP contribution < -0.4 is 14.8 Å². The van der Waals surface area contributed by atoms with Gasteiger partial charge < -0.3 is 24.3 Å². The second-order valence-electron chi connectivity index (χ2n) is 10.7. The summed E-state index contributed by atoms with van der Waals surface area (Å²) in [5, 5.41) is 3.56. The van der Waals surface area contributed by atoms with Crippen molar-refractivity contribution in [3.8, 4) is 22.8 Å². The largest absolute Gasteiger partial charge is 0.493 e. The highest BCUT2D eigenvalue weighted by Gasteiger charge is 2.32. The van der Waals surface area contributed by atoms with Crippen LogP contribution in [0.5, 0.6) is 11.5 Å². The van der Waals surface area contributed by atoms with Crippen LogP contribution in [0.25, 0.3) is 22.2 Å². The summed E-state index contributed by atoms with van der Waals surface area (Å²) >= 11 is 0. The Morgan fingerprint density at radius 1 is 1.10 bits per heavy atom. The van der Waals surface area contributed by atoms with Crippen LogP contribution >= 0.6 is 0 Å². The first-order valence-corrected chi connectivity index (χ1v) is 14.1. The Morgan fingerprint density at radius 2 is 1.88 bits per heavy atom. The molecular weight excluding hydrogens is 547 g/mol. The van der Waals surface area contributed by atoms with Gasteiger partial charge in [-0.25, -0.2) is 4.98 Å². The van der Waals surface area contributed by atoms with E-state index in [1.54, 1.807) is 30.7 Å². The van der Waals surface area contributed by atoms with Gasteiger partial charge in [-0.05, 0) is 79.7 Å². The van der Waals surface area contributed by atoms with Crippen molar-refractivity contribution in [1.29, 1.82) is 0 Å². The molecule has 0 atom stereocenters. The molecule has 1 aliphatic rings. The first-order chi connectivity index (χ1) is 20.2. The number of ether oxygens (including phenoxy) is 2. The van der Waals surface area contributed by atoms with Crippen LogP contribution in [0.2, 0.25) is 0 Å². The number of likely N-dealkylation sites (tertiary alicyclic amines) is 1. The van der Waals surface area contributed by atoms with Crippen molar-refractivity contribution >= 4 is 16.8 Å². The van der Waals surface area contributed by atoms with E-state index in [-0.39, 0.29) is 17.4 Å². The fourth-order valence-electron chi connectivity index (χ4n) is 5.73. The third-order valence-electron chi connectivity index (χ3n) is 7.88. The van der Waals surface area contributed by atoms with E-state index in [4.69, 9.17) is 9.47 Å². The van der Waals surface area contributed by atoms with E-state index >= 15 is 0 Å². The molecule has 4 aromatic rings. The summed E-state index contributed by atoms with van der Waals surface area (Å²) in [6.45, 7) is 3.27. The molecule has 1 saturated heterocycles. The Hall–Kier alpha value is -3.99. The number of aromatic amines is 1. The van der Waals surface area contributed by atoms with Crippen LogP contribution in [0.4, 0.5) is 13.2 Å². The van der Waals surface area contributed by atoms with Gasteiger partial charge >= 0.3 is 6.18 Å². The van der Waals surface area contributed by atoms with Crippen LogP contribution in [0.3, 0.4) is 0 Å². The lowest BCUT2D eigenvalue weighted by atomic mass is 9.88. The number of halogens is 3. The first kappa shape index (κ1) is 29.5. The number of hydrogen-bond donors (Lipinski definition) is 2. The van der Waals surface area contributed by atoms with Gasteiger partial charge in [0, 0.05) is 41.9 Å². The smallest absolute Gasteiger partial charge is 0.393 e. The number of aromatic nitrogens is 3. The standard InChI is InChI=1S/C31H36F3N5O3/c1-41-27-7-5-23(17-28(27)42-2)30-25(18-31(32,33)34)24-16-22(4-6-26(24)37-30)21-8-13-38(14-9-21)19-29(40)36-10-3-12-39-15-11-35-20-39/h4-7,11,15-17,20-21,37H,3,8-10,12-14,18-19H2,1-2H3,(H,36,40). The van der Waals surface area contributed by atoms with Gasteiger partial charge in [0.05, 0.1) is 39.2 Å². The minimum atomic E-state index is -4.37. The molecule has 2 aromatic carbocycles. The molecule has 0 radical (unpaired) electrons. The predicted molar refractivity (Wildman–Crippen MR) is 155 cm³/mol. The molecule has 0 spiro atoms. The summed E-state index contributed by atoms with van der Waals surface area (Å²) in [4.78, 5) is 21.8. The van der Waals surface area contributed by atoms with Gasteiger partial charge in [0.2, 0.25) is 5.91 Å². The van der Waals surface area contributed by atoms with Gasteiger partial charge in [-0.1, -0.05) is 6.07 Å². The zero-order valence-electron chi connectivity index (χ0n) is 23.8. The summed E-state index contributed by atoms with van der Waals surface area (Å²) in [7, 11) is 3.01. The van der Waals surface area contributed by atoms with Crippen molar-refractivity contribution < 1.29 is 27.4 Å². The quantitative estimate of drug-likeness (QED) is 0.227. The highest BCUT2D eigenvalue weighted by atomic mass is 19.4. The number of nitrogens with one attached hydrogen (secondary N) is 2. The highest BCUT2D eigenvalue weighted by Crippen LogP contribution is 2.40. The minimum Gasteiger partial charge on any atom is -0.493 e. The molecule has 0 aliphatic carbocycles. The van der Waals surface area contributed by atoms with E-state index < -0.39 is 12.6 Å². The normalized spacial score (nSPS) is 14.8. The Morgan fingerprint density at radius 3 is 2.57 bits per heavy atom. The number of fused-ring (bicyclic) bond motifs is 1. The maximum atomic E-state index is 13.8. The van der Waals surface area contributed by atoms with E-state index in [9.17, 15) is 18.0 Å². The molecular formula is C31H36F3N5O3. The molecule has 11 heteroatoms. The van der Waals surface area contributed by atoms with Crippen LogP contribution in [-0.4, -0.2) is 71.9 Å². The topological polar surface area (TPSA) is 84.4 Å². The number of nitrogens with zero attached hydrogens (tertiary/aromatic N) is 3.